The first-order chi connectivity index (χ1) is 18.3. The highest BCUT2D eigenvalue weighted by molar-refractivity contribution is 6.24. The maximum atomic E-state index is 15.9. The molecule has 1 aromatic rings. The highest BCUT2D eigenvalue weighted by Gasteiger charge is 2.64. The number of Topliss-reactive ketones (excluding diaryl/α,β-unsaturated/α-hetero) is 2. The van der Waals surface area contributed by atoms with Gasteiger partial charge in [-0.2, -0.15) is 0 Å². The summed E-state index contributed by atoms with van der Waals surface area (Å²) in [7, 11) is 3.05. The van der Waals surface area contributed by atoms with E-state index in [0.717, 1.165) is 19.4 Å². The molecule has 1 fully saturated rings. The molecule has 1 aromatic carbocycles. The van der Waals surface area contributed by atoms with Gasteiger partial charge in [-0.1, -0.05) is 20.3 Å². The fraction of sp³-hybridized carbons (Fsp3) is 0.536. The van der Waals surface area contributed by atoms with E-state index in [-0.39, 0.29) is 41.6 Å². The van der Waals surface area contributed by atoms with Gasteiger partial charge in [0, 0.05) is 29.2 Å². The average Bonchev–Trinajstić information content (AvgIpc) is 2.86. The standard InChI is InChI=1S/C28H36FN3O7/c1-5-7-8-32(6-2)12-14-11-17(33)19-15(21(14)29)9-13-10-16-22(31(3)4)24(35)20(27(30)38)26(37)28(16,39)25(36)18(13)23(19)34/h11,13,16,22,33-34,37,39H,5-10,12H2,1-4H3,(H2,30,38)/t13-,16-,22-,28-/m0/s1. The second-order valence-electron chi connectivity index (χ2n) is 10.9. The van der Waals surface area contributed by atoms with Gasteiger partial charge in [0.25, 0.3) is 5.91 Å². The molecule has 10 nitrogen and oxygen atoms in total. The van der Waals surface area contributed by atoms with Crippen LogP contribution in [-0.2, 0) is 27.3 Å². The Labute approximate surface area is 226 Å². The Hall–Kier alpha value is -3.28. The number of amides is 1. The molecule has 0 saturated heterocycles. The molecule has 39 heavy (non-hydrogen) atoms. The summed E-state index contributed by atoms with van der Waals surface area (Å²) in [5, 5.41) is 44.5. The quantitative estimate of drug-likeness (QED) is 0.306. The smallest absolute Gasteiger partial charge is 0.255 e. The number of ketones is 2. The number of primary amides is 1. The minimum Gasteiger partial charge on any atom is -0.508 e. The zero-order chi connectivity index (χ0) is 29.0. The van der Waals surface area contributed by atoms with Crippen molar-refractivity contribution in [3.63, 3.8) is 0 Å². The van der Waals surface area contributed by atoms with E-state index in [2.05, 4.69) is 6.92 Å². The van der Waals surface area contributed by atoms with Gasteiger partial charge in [0.2, 0.25) is 5.78 Å². The number of aromatic hydroxyl groups is 1. The molecule has 0 radical (unpaired) electrons. The number of aliphatic hydroxyl groups excluding tert-OH is 2. The van der Waals surface area contributed by atoms with Gasteiger partial charge in [-0.25, -0.2) is 4.39 Å². The van der Waals surface area contributed by atoms with E-state index >= 15 is 4.39 Å². The predicted molar refractivity (Wildman–Crippen MR) is 140 cm³/mol. The monoisotopic (exact) mass is 545 g/mol. The molecule has 3 aliphatic rings. The van der Waals surface area contributed by atoms with E-state index in [1.54, 1.807) is 0 Å². The van der Waals surface area contributed by atoms with Gasteiger partial charge < -0.3 is 26.2 Å². The molecule has 3 aliphatic carbocycles. The minimum absolute atomic E-state index is 0.0437. The van der Waals surface area contributed by atoms with Gasteiger partial charge in [-0.15, -0.1) is 0 Å². The number of nitrogens with two attached hydrogens (primary N) is 1. The number of aliphatic hydroxyl groups is 3. The third-order valence-electron chi connectivity index (χ3n) is 8.40. The first-order valence-corrected chi connectivity index (χ1v) is 13.2. The van der Waals surface area contributed by atoms with Crippen LogP contribution >= 0.6 is 0 Å². The Morgan fingerprint density at radius 3 is 2.44 bits per heavy atom. The lowest BCUT2D eigenvalue weighted by Crippen LogP contribution is -2.65. The van der Waals surface area contributed by atoms with Crippen molar-refractivity contribution < 1.29 is 39.2 Å². The largest absolute Gasteiger partial charge is 0.508 e. The Kier molecular flexibility index (Phi) is 7.63. The molecule has 0 heterocycles. The van der Waals surface area contributed by atoms with Crippen LogP contribution in [0.5, 0.6) is 5.75 Å². The molecule has 0 aliphatic heterocycles. The number of unbranched alkanes of at least 4 members (excludes halogenated alkanes) is 1. The molecular formula is C28H36FN3O7. The van der Waals surface area contributed by atoms with Crippen molar-refractivity contribution in [3.05, 3.63) is 45.5 Å². The first-order valence-electron chi connectivity index (χ1n) is 13.2. The molecule has 4 rings (SSSR count). The fourth-order valence-electron chi connectivity index (χ4n) is 6.43. The van der Waals surface area contributed by atoms with Crippen LogP contribution < -0.4 is 5.73 Å². The Balaban J connectivity index is 1.86. The van der Waals surface area contributed by atoms with Crippen molar-refractivity contribution in [1.82, 2.24) is 9.80 Å². The zero-order valence-electron chi connectivity index (χ0n) is 22.6. The van der Waals surface area contributed by atoms with Crippen LogP contribution in [0.4, 0.5) is 4.39 Å². The van der Waals surface area contributed by atoms with Crippen LogP contribution in [0.15, 0.2) is 23.0 Å². The van der Waals surface area contributed by atoms with E-state index < -0.39 is 69.6 Å². The van der Waals surface area contributed by atoms with Crippen molar-refractivity contribution in [2.75, 3.05) is 27.2 Å². The molecular weight excluding hydrogens is 509 g/mol. The zero-order valence-corrected chi connectivity index (χ0v) is 22.6. The number of hydrogen-bond donors (Lipinski definition) is 5. The fourth-order valence-corrected chi connectivity index (χ4v) is 6.43. The van der Waals surface area contributed by atoms with Crippen LogP contribution in [0.25, 0.3) is 5.76 Å². The lowest BCUT2D eigenvalue weighted by atomic mass is 9.57. The predicted octanol–water partition coefficient (Wildman–Crippen LogP) is 1.73. The number of benzene rings is 1. The minimum atomic E-state index is -2.72. The Morgan fingerprint density at radius 1 is 1.21 bits per heavy atom. The summed E-state index contributed by atoms with van der Waals surface area (Å²) in [6, 6.07) is 0.0398. The number of hydrogen-bond acceptors (Lipinski definition) is 9. The number of nitrogens with zero attached hydrogens (tertiary/aromatic N) is 2. The molecule has 6 N–H and O–H groups in total. The summed E-state index contributed by atoms with van der Waals surface area (Å²) in [5.41, 5.74) is 1.47. The molecule has 11 heteroatoms. The topological polar surface area (TPSA) is 165 Å². The molecule has 0 unspecified atom stereocenters. The Morgan fingerprint density at radius 2 is 1.87 bits per heavy atom. The normalized spacial score (nSPS) is 26.7. The van der Waals surface area contributed by atoms with Gasteiger partial charge in [0.05, 0.1) is 11.6 Å². The van der Waals surface area contributed by atoms with E-state index in [1.165, 1.54) is 25.1 Å². The maximum Gasteiger partial charge on any atom is 0.255 e. The van der Waals surface area contributed by atoms with Crippen molar-refractivity contribution >= 4 is 23.2 Å². The first kappa shape index (κ1) is 28.7. The van der Waals surface area contributed by atoms with Gasteiger partial charge in [-0.3, -0.25) is 24.2 Å². The van der Waals surface area contributed by atoms with Crippen molar-refractivity contribution in [2.24, 2.45) is 17.6 Å². The number of rotatable bonds is 8. The van der Waals surface area contributed by atoms with E-state index in [0.29, 0.717) is 6.54 Å². The average molecular weight is 546 g/mol. The van der Waals surface area contributed by atoms with Crippen LogP contribution in [0.3, 0.4) is 0 Å². The molecule has 0 spiro atoms. The van der Waals surface area contributed by atoms with Crippen molar-refractivity contribution in [1.29, 1.82) is 0 Å². The summed E-state index contributed by atoms with van der Waals surface area (Å²) in [4.78, 5) is 42.5. The lowest BCUT2D eigenvalue weighted by Gasteiger charge is -2.50. The summed E-state index contributed by atoms with van der Waals surface area (Å²) in [6.07, 6.45) is 1.73. The summed E-state index contributed by atoms with van der Waals surface area (Å²) in [5.74, 6) is -8.16. The van der Waals surface area contributed by atoms with Crippen molar-refractivity contribution in [2.45, 2.75) is 57.7 Å². The van der Waals surface area contributed by atoms with Gasteiger partial charge >= 0.3 is 0 Å². The number of halogens is 1. The third-order valence-corrected chi connectivity index (χ3v) is 8.40. The number of carbonyl (C=O) groups excluding carboxylic acids is 3. The molecule has 212 valence electrons. The third kappa shape index (κ3) is 4.32. The van der Waals surface area contributed by atoms with Crippen LogP contribution in [0, 0.1) is 17.7 Å². The molecule has 0 aromatic heterocycles. The van der Waals surface area contributed by atoms with E-state index in [9.17, 15) is 34.8 Å². The summed E-state index contributed by atoms with van der Waals surface area (Å²) < 4.78 is 15.9. The van der Waals surface area contributed by atoms with E-state index in [1.807, 2.05) is 11.8 Å². The lowest BCUT2D eigenvalue weighted by molar-refractivity contribution is -0.153. The number of phenols is 1. The van der Waals surface area contributed by atoms with Crippen LogP contribution in [0.2, 0.25) is 0 Å². The highest BCUT2D eigenvalue weighted by Crippen LogP contribution is 2.53. The summed E-state index contributed by atoms with van der Waals surface area (Å²) in [6.45, 7) is 5.69. The number of fused-ring (bicyclic) bond motifs is 3. The number of carbonyl (C=O) groups is 3. The highest BCUT2D eigenvalue weighted by atomic mass is 19.1. The Bertz CT molecular complexity index is 1300. The maximum absolute atomic E-state index is 15.9. The van der Waals surface area contributed by atoms with Crippen LogP contribution in [-0.4, -0.2) is 86.5 Å². The van der Waals surface area contributed by atoms with Gasteiger partial charge in [-0.05, 0) is 58.4 Å². The van der Waals surface area contributed by atoms with Crippen molar-refractivity contribution in [3.8, 4) is 5.75 Å². The SMILES string of the molecule is CCCCN(CC)Cc1cc(O)c2c(c1F)C[C@H]1C[C@H]3[C@H](N(C)C)C(=O)C(C(N)=O)=C(O)[C@@]3(O)C(=O)C1=C2O. The number of phenolic OH excluding ortho intramolecular Hbond substituents is 1. The van der Waals surface area contributed by atoms with Gasteiger partial charge in [0.1, 0.15) is 28.7 Å². The molecule has 4 atom stereocenters. The molecule has 0 bridgehead atoms. The summed E-state index contributed by atoms with van der Waals surface area (Å²) >= 11 is 0. The van der Waals surface area contributed by atoms with Crippen LogP contribution in [0.1, 0.15) is 49.8 Å². The second-order valence-corrected chi connectivity index (χ2v) is 10.9. The van der Waals surface area contributed by atoms with Gasteiger partial charge in [0.15, 0.2) is 11.4 Å². The molecule has 1 amide bonds. The second kappa shape index (κ2) is 10.4. The molecule has 1 saturated carbocycles. The van der Waals surface area contributed by atoms with E-state index in [4.69, 9.17) is 5.73 Å². The number of likely N-dealkylation sites (N-methyl/N-ethyl adjacent to an activating group) is 1.